The second-order valence-corrected chi connectivity index (χ2v) is 5.45. The lowest BCUT2D eigenvalue weighted by atomic mass is 10.1. The molecule has 2 fully saturated rings. The molecule has 0 aromatic heterocycles. The molecule has 4 nitrogen and oxygen atoms in total. The van der Waals surface area contributed by atoms with E-state index in [-0.39, 0.29) is 18.3 Å². The van der Waals surface area contributed by atoms with Crippen LogP contribution in [-0.2, 0) is 19.0 Å². The van der Waals surface area contributed by atoms with Crippen LogP contribution in [-0.4, -0.2) is 33.0 Å². The molecule has 2 rings (SSSR count). The molecule has 2 bridgehead atoms. The van der Waals surface area contributed by atoms with Gasteiger partial charge in [0.2, 0.25) is 0 Å². The molecule has 0 aromatic rings. The van der Waals surface area contributed by atoms with E-state index in [0.717, 1.165) is 31.9 Å². The first kappa shape index (κ1) is 9.43. The van der Waals surface area contributed by atoms with Gasteiger partial charge < -0.3 is 4.74 Å². The van der Waals surface area contributed by atoms with Gasteiger partial charge in [-0.25, -0.2) is 0 Å². The summed E-state index contributed by atoms with van der Waals surface area (Å²) in [5.74, 6) is 0. The van der Waals surface area contributed by atoms with Crippen LogP contribution in [0, 0.1) is 0 Å². The Balaban J connectivity index is 1.96. The third-order valence-corrected chi connectivity index (χ3v) is 3.18. The van der Waals surface area contributed by atoms with Crippen molar-refractivity contribution >= 4 is 10.1 Å². The Morgan fingerprint density at radius 3 is 2.23 bits per heavy atom. The summed E-state index contributed by atoms with van der Waals surface area (Å²) in [7, 11) is -3.30. The summed E-state index contributed by atoms with van der Waals surface area (Å²) in [4.78, 5) is 0. The van der Waals surface area contributed by atoms with Crippen LogP contribution >= 0.6 is 0 Å². The van der Waals surface area contributed by atoms with E-state index >= 15 is 0 Å². The van der Waals surface area contributed by atoms with Crippen molar-refractivity contribution in [2.75, 3.05) is 6.26 Å². The molecule has 2 unspecified atom stereocenters. The van der Waals surface area contributed by atoms with Crippen LogP contribution < -0.4 is 0 Å². The maximum Gasteiger partial charge on any atom is 0.264 e. The van der Waals surface area contributed by atoms with Crippen LogP contribution in [0.25, 0.3) is 0 Å². The topological polar surface area (TPSA) is 52.6 Å². The predicted octanol–water partition coefficient (Wildman–Crippen LogP) is 0.673. The molecule has 5 heteroatoms. The second-order valence-electron chi connectivity index (χ2n) is 3.85. The first-order valence-corrected chi connectivity index (χ1v) is 6.38. The highest BCUT2D eigenvalue weighted by Gasteiger charge is 2.36. The molecular weight excluding hydrogens is 192 g/mol. The normalized spacial score (nSPS) is 39.3. The van der Waals surface area contributed by atoms with E-state index in [1.807, 2.05) is 0 Å². The molecule has 0 aliphatic carbocycles. The molecule has 13 heavy (non-hydrogen) atoms. The van der Waals surface area contributed by atoms with Gasteiger partial charge in [-0.1, -0.05) is 0 Å². The first-order valence-electron chi connectivity index (χ1n) is 4.56. The number of fused-ring (bicyclic) bond motifs is 2. The lowest BCUT2D eigenvalue weighted by Gasteiger charge is -2.27. The van der Waals surface area contributed by atoms with Crippen molar-refractivity contribution in [3.8, 4) is 0 Å². The maximum absolute atomic E-state index is 10.9. The molecule has 0 aromatic carbocycles. The summed E-state index contributed by atoms with van der Waals surface area (Å²) in [6.45, 7) is 0. The molecule has 2 aliphatic heterocycles. The minimum Gasteiger partial charge on any atom is -0.375 e. The van der Waals surface area contributed by atoms with E-state index < -0.39 is 10.1 Å². The zero-order chi connectivity index (χ0) is 9.47. The standard InChI is InChI=1S/C8H14O4S/c1-13(9,10)12-8-4-6-2-3-7(5-8)11-6/h6-8H,2-5H2,1H3. The maximum atomic E-state index is 10.9. The molecule has 2 heterocycles. The van der Waals surface area contributed by atoms with E-state index in [9.17, 15) is 8.42 Å². The van der Waals surface area contributed by atoms with Crippen molar-refractivity contribution in [1.82, 2.24) is 0 Å². The van der Waals surface area contributed by atoms with Gasteiger partial charge >= 0.3 is 0 Å². The van der Waals surface area contributed by atoms with Crippen molar-refractivity contribution < 1.29 is 17.3 Å². The van der Waals surface area contributed by atoms with Crippen LogP contribution in [0.1, 0.15) is 25.7 Å². The van der Waals surface area contributed by atoms with Crippen molar-refractivity contribution in [1.29, 1.82) is 0 Å². The summed E-state index contributed by atoms with van der Waals surface area (Å²) in [6.07, 6.45) is 4.96. The zero-order valence-corrected chi connectivity index (χ0v) is 8.42. The predicted molar refractivity (Wildman–Crippen MR) is 46.8 cm³/mol. The molecule has 0 N–H and O–H groups in total. The summed E-state index contributed by atoms with van der Waals surface area (Å²) in [6, 6.07) is 0. The molecule has 2 saturated heterocycles. The second kappa shape index (κ2) is 3.22. The van der Waals surface area contributed by atoms with Crippen LogP contribution in [0.4, 0.5) is 0 Å². The van der Waals surface area contributed by atoms with Gasteiger partial charge in [0.25, 0.3) is 10.1 Å². The van der Waals surface area contributed by atoms with Gasteiger partial charge in [0, 0.05) is 12.8 Å². The zero-order valence-electron chi connectivity index (χ0n) is 7.60. The molecule has 2 atom stereocenters. The third-order valence-electron chi connectivity index (χ3n) is 2.56. The lowest BCUT2D eigenvalue weighted by molar-refractivity contribution is -0.0418. The van der Waals surface area contributed by atoms with Crippen LogP contribution in [0.15, 0.2) is 0 Å². The van der Waals surface area contributed by atoms with Gasteiger partial charge in [-0.15, -0.1) is 0 Å². The smallest absolute Gasteiger partial charge is 0.264 e. The van der Waals surface area contributed by atoms with Gasteiger partial charge in [0.05, 0.1) is 24.6 Å². The van der Waals surface area contributed by atoms with Gasteiger partial charge in [0.15, 0.2) is 0 Å². The molecule has 0 spiro atoms. The summed E-state index contributed by atoms with van der Waals surface area (Å²) in [5.41, 5.74) is 0. The Labute approximate surface area is 78.3 Å². The molecule has 0 radical (unpaired) electrons. The molecule has 76 valence electrons. The monoisotopic (exact) mass is 206 g/mol. The highest BCUT2D eigenvalue weighted by Crippen LogP contribution is 2.34. The minimum atomic E-state index is -3.30. The Hall–Kier alpha value is -0.130. The number of ether oxygens (including phenoxy) is 1. The van der Waals surface area contributed by atoms with E-state index in [1.165, 1.54) is 0 Å². The van der Waals surface area contributed by atoms with Crippen LogP contribution in [0.2, 0.25) is 0 Å². The minimum absolute atomic E-state index is 0.152. The summed E-state index contributed by atoms with van der Waals surface area (Å²) >= 11 is 0. The lowest BCUT2D eigenvalue weighted by Crippen LogP contribution is -2.31. The first-order chi connectivity index (χ1) is 6.03. The van der Waals surface area contributed by atoms with E-state index in [4.69, 9.17) is 8.92 Å². The Morgan fingerprint density at radius 2 is 1.77 bits per heavy atom. The highest BCUT2D eigenvalue weighted by molar-refractivity contribution is 7.86. The summed E-state index contributed by atoms with van der Waals surface area (Å²) < 4.78 is 32.3. The molecule has 2 aliphatic rings. The van der Waals surface area contributed by atoms with E-state index in [1.54, 1.807) is 0 Å². The Kier molecular flexibility index (Phi) is 2.33. The molecular formula is C8H14O4S. The summed E-state index contributed by atoms with van der Waals surface area (Å²) in [5, 5.41) is 0. The average molecular weight is 206 g/mol. The van der Waals surface area contributed by atoms with Crippen molar-refractivity contribution in [3.05, 3.63) is 0 Å². The fourth-order valence-corrected chi connectivity index (χ4v) is 2.79. The van der Waals surface area contributed by atoms with E-state index in [0.29, 0.717) is 0 Å². The number of hydrogen-bond acceptors (Lipinski definition) is 4. The van der Waals surface area contributed by atoms with Gasteiger partial charge in [-0.2, -0.15) is 8.42 Å². The Bertz CT molecular complexity index is 273. The highest BCUT2D eigenvalue weighted by atomic mass is 32.2. The Morgan fingerprint density at radius 1 is 1.23 bits per heavy atom. The SMILES string of the molecule is CS(=O)(=O)OC1CC2CCC(C1)O2. The van der Waals surface area contributed by atoms with Crippen molar-refractivity contribution in [2.45, 2.75) is 44.0 Å². The van der Waals surface area contributed by atoms with Gasteiger partial charge in [0.1, 0.15) is 0 Å². The number of rotatable bonds is 2. The third kappa shape index (κ3) is 2.42. The molecule has 0 amide bonds. The quantitative estimate of drug-likeness (QED) is 0.623. The van der Waals surface area contributed by atoms with E-state index in [2.05, 4.69) is 0 Å². The van der Waals surface area contributed by atoms with Crippen LogP contribution in [0.5, 0.6) is 0 Å². The fraction of sp³-hybridized carbons (Fsp3) is 1.00. The fourth-order valence-electron chi connectivity index (χ4n) is 2.14. The van der Waals surface area contributed by atoms with Crippen LogP contribution in [0.3, 0.4) is 0 Å². The number of hydrogen-bond donors (Lipinski definition) is 0. The average Bonchev–Trinajstić information content (AvgIpc) is 2.27. The van der Waals surface area contributed by atoms with Gasteiger partial charge in [-0.3, -0.25) is 4.18 Å². The van der Waals surface area contributed by atoms with Gasteiger partial charge in [-0.05, 0) is 12.8 Å². The molecule has 0 saturated carbocycles. The largest absolute Gasteiger partial charge is 0.375 e. The van der Waals surface area contributed by atoms with Crippen molar-refractivity contribution in [2.24, 2.45) is 0 Å². The van der Waals surface area contributed by atoms with Crippen molar-refractivity contribution in [3.63, 3.8) is 0 Å².